The number of carbonyl (C=O) groups is 1. The molecule has 5 aromatic carbocycles. The summed E-state index contributed by atoms with van der Waals surface area (Å²) < 4.78 is 221. The molecule has 12 rings (SSSR count). The third kappa shape index (κ3) is 26.0. The van der Waals surface area contributed by atoms with Crippen molar-refractivity contribution in [3.63, 3.8) is 0 Å². The molecule has 9 N–H and O–H groups in total. The Labute approximate surface area is 693 Å². The lowest BCUT2D eigenvalue weighted by Crippen LogP contribution is -2.47. The number of halogens is 5. The minimum Gasteiger partial charge on any atom is -0.455 e. The molecule has 7 aromatic rings. The fraction of sp³-hybridized carbons (Fsp3) is 0.437. The minimum absolute atomic E-state index is 0.000549. The molecular weight excluding hydrogens is 1730 g/mol. The van der Waals surface area contributed by atoms with E-state index in [1.54, 1.807) is 30.5 Å². The van der Waals surface area contributed by atoms with Crippen LogP contribution in [0.1, 0.15) is 54.6 Å². The number of rotatable bonds is 25. The Morgan fingerprint density at radius 1 is 0.650 bits per heavy atom. The highest BCUT2D eigenvalue weighted by Gasteiger charge is 2.37. The van der Waals surface area contributed by atoms with Crippen LogP contribution in [-0.2, 0) is 80.3 Å². The van der Waals surface area contributed by atoms with Gasteiger partial charge >= 0.3 is 11.9 Å². The number of sulfone groups is 1. The third-order valence-corrected chi connectivity index (χ3v) is 27.2. The number of morpholine rings is 3. The Balaban J connectivity index is 0.000000257. The first-order valence-corrected chi connectivity index (χ1v) is 47.0. The molecule has 49 heteroatoms. The summed E-state index contributed by atoms with van der Waals surface area (Å²) in [6.45, 7) is 10.00. The zero-order chi connectivity index (χ0) is 88.4. The van der Waals surface area contributed by atoms with E-state index in [9.17, 15) is 103 Å². The Morgan fingerprint density at radius 2 is 1.15 bits per heavy atom. The number of aromatic nitrogens is 2. The molecule has 1 aliphatic carbocycles. The van der Waals surface area contributed by atoms with Crippen LogP contribution < -0.4 is 36.3 Å². The number of H-pyrrole nitrogens is 1. The van der Waals surface area contributed by atoms with Crippen LogP contribution in [0.15, 0.2) is 136 Å². The van der Waals surface area contributed by atoms with Crippen molar-refractivity contribution in [2.24, 2.45) is 21.4 Å². The highest BCUT2D eigenvalue weighted by atomic mass is 35.5. The predicted molar refractivity (Wildman–Crippen MR) is 435 cm³/mol. The van der Waals surface area contributed by atoms with E-state index in [-0.39, 0.29) is 102 Å². The number of hydrogen-bond donors (Lipinski definition) is 6. The van der Waals surface area contributed by atoms with Crippen LogP contribution in [0.5, 0.6) is 11.5 Å². The molecule has 4 saturated heterocycles. The molecule has 0 radical (unpaired) electrons. The van der Waals surface area contributed by atoms with Crippen molar-refractivity contribution in [2.45, 2.75) is 72.3 Å². The Hall–Kier alpha value is -9.09. The number of benzene rings is 5. The molecule has 4 fully saturated rings. The van der Waals surface area contributed by atoms with Gasteiger partial charge in [-0.2, -0.15) is 30.5 Å². The Morgan fingerprint density at radius 3 is 1.65 bits per heavy atom. The summed E-state index contributed by atoms with van der Waals surface area (Å²) in [6, 6.07) is 20.6. The zero-order valence-corrected chi connectivity index (χ0v) is 70.7. The first kappa shape index (κ1) is 94.8. The van der Waals surface area contributed by atoms with Crippen molar-refractivity contribution < 1.29 is 107 Å². The fourth-order valence-electron chi connectivity index (χ4n) is 13.2. The van der Waals surface area contributed by atoms with Crippen molar-refractivity contribution in [1.29, 1.82) is 0 Å². The van der Waals surface area contributed by atoms with Gasteiger partial charge in [0.2, 0.25) is 55.9 Å². The van der Waals surface area contributed by atoms with Gasteiger partial charge in [0, 0.05) is 138 Å². The lowest BCUT2D eigenvalue weighted by molar-refractivity contribution is -0.387. The van der Waals surface area contributed by atoms with Crippen molar-refractivity contribution in [3.8, 4) is 11.5 Å². The number of alkyl halides is 3. The van der Waals surface area contributed by atoms with Gasteiger partial charge in [-0.15, -0.1) is 0 Å². The number of hydrogen-bond acceptors (Lipinski definition) is 29. The van der Waals surface area contributed by atoms with E-state index in [0.29, 0.717) is 94.4 Å². The number of carbonyl (C=O) groups excluding carboxylic acids is 1. The van der Waals surface area contributed by atoms with E-state index in [2.05, 4.69) is 44.2 Å². The normalized spacial score (nSPS) is 18.8. The first-order valence-electron chi connectivity index (χ1n) is 36.4. The van der Waals surface area contributed by atoms with E-state index in [1.165, 1.54) is 49.6 Å². The molecule has 0 amide bonds. The van der Waals surface area contributed by atoms with Gasteiger partial charge in [0.15, 0.2) is 15.6 Å². The number of nitro benzene ring substituents is 3. The topological polar surface area (TPSA) is 535 Å². The molecule has 656 valence electrons. The molecule has 3 atom stereocenters. The van der Waals surface area contributed by atoms with Crippen molar-refractivity contribution in [2.75, 3.05) is 152 Å². The summed E-state index contributed by atoms with van der Waals surface area (Å²) in [5.74, 6) is -2.60. The number of Topliss-reactive ketones (excluding diaryl/α,β-unsaturated/α-hetero) is 1. The molecule has 0 saturated carbocycles. The summed E-state index contributed by atoms with van der Waals surface area (Å²) in [5, 5.41) is 49.7. The molecular formula is C71H88ClF4N15O23S6. The molecule has 2 aromatic heterocycles. The van der Waals surface area contributed by atoms with E-state index in [1.807, 2.05) is 0 Å². The van der Waals surface area contributed by atoms with Crippen LogP contribution in [0.3, 0.4) is 0 Å². The van der Waals surface area contributed by atoms with E-state index < -0.39 is 143 Å². The number of nitro groups is 3. The second kappa shape index (κ2) is 39.0. The molecule has 0 spiro atoms. The Bertz CT molecular complexity index is 5760. The van der Waals surface area contributed by atoms with Crippen LogP contribution in [0.4, 0.5) is 51.7 Å². The largest absolute Gasteiger partial charge is 0.455 e. The number of nitrogens with two attached hydrogens (primary N) is 3. The molecule has 5 aliphatic rings. The first-order chi connectivity index (χ1) is 55.9. The van der Waals surface area contributed by atoms with Gasteiger partial charge < -0.3 is 45.2 Å². The van der Waals surface area contributed by atoms with Crippen molar-refractivity contribution >= 4 is 128 Å². The third-order valence-electron chi connectivity index (χ3n) is 19.6. The average molecular weight is 1820 g/mol. The second-order valence-electron chi connectivity index (χ2n) is 29.1. The quantitative estimate of drug-likeness (QED) is 0.0149. The van der Waals surface area contributed by atoms with Gasteiger partial charge in [0.1, 0.15) is 34.3 Å². The maximum atomic E-state index is 14.1. The highest BCUT2D eigenvalue weighted by molar-refractivity contribution is 7.92. The smallest absolute Gasteiger partial charge is 0.416 e. The molecule has 0 bridgehead atoms. The number of ether oxygens (including phenoxy) is 4. The number of pyridine rings is 1. The number of allylic oxidation sites excluding steroid dienone is 1. The van der Waals surface area contributed by atoms with Crippen LogP contribution in [0, 0.1) is 41.6 Å². The SMILES string of the molecule is CC1(C)CCC(CN2CCN(c3ccc(C(=O)CS(=O)(=O)c4ccc(NC[C@@H]5CN(S(C)(=O)=O)CCO5)c([N+](=O)[O-])c4)c(Oc4cnc5[nH]ccc5c4)c3)CC2)=C(c2ccc(C(F)(F)F)cc2Cl)C1.CS(=O)(=O)N1CCO[C@H](CN)C1.CS(=O)(=O)N1CCO[C@H](CNc2ccc(S(N)(=O)=O)cc2[N+](=O)[O-])C1.NS(=O)(=O)c1ccc(F)c([N+](=O)[O-])c1. The second-order valence-corrected chi connectivity index (χ2v) is 40.6. The number of aromatic amines is 1. The summed E-state index contributed by atoms with van der Waals surface area (Å²) >= 11 is 6.53. The number of nitrogens with one attached hydrogen (secondary N) is 3. The van der Waals surface area contributed by atoms with Crippen LogP contribution in [0.2, 0.25) is 5.02 Å². The number of fused-ring (bicyclic) bond motifs is 1. The summed E-state index contributed by atoms with van der Waals surface area (Å²) in [4.78, 5) is 55.6. The lowest BCUT2D eigenvalue weighted by Gasteiger charge is -2.39. The lowest BCUT2D eigenvalue weighted by atomic mass is 9.72. The molecule has 4 aliphatic heterocycles. The molecule has 38 nitrogen and oxygen atoms in total. The highest BCUT2D eigenvalue weighted by Crippen LogP contribution is 2.46. The average Bonchev–Trinajstić information content (AvgIpc) is 0.853. The maximum Gasteiger partial charge on any atom is 0.416 e. The predicted octanol–water partition coefficient (Wildman–Crippen LogP) is 6.75. The molecule has 120 heavy (non-hydrogen) atoms. The van der Waals surface area contributed by atoms with Gasteiger partial charge in [-0.3, -0.25) is 40.0 Å². The van der Waals surface area contributed by atoms with Crippen molar-refractivity contribution in [1.82, 2.24) is 27.8 Å². The van der Waals surface area contributed by atoms with Gasteiger partial charge in [-0.05, 0) is 109 Å². The zero-order valence-electron chi connectivity index (χ0n) is 65.0. The van der Waals surface area contributed by atoms with Crippen LogP contribution in [-0.4, -0.2) is 253 Å². The maximum absolute atomic E-state index is 14.1. The van der Waals surface area contributed by atoms with Crippen molar-refractivity contribution in [3.05, 3.63) is 179 Å². The molecule has 6 heterocycles. The van der Waals surface area contributed by atoms with E-state index >= 15 is 0 Å². The minimum atomic E-state index is -4.51. The summed E-state index contributed by atoms with van der Waals surface area (Å²) in [5.41, 5.74) is 6.63. The monoisotopic (exact) mass is 1820 g/mol. The van der Waals surface area contributed by atoms with Gasteiger partial charge in [-0.25, -0.2) is 65.8 Å². The number of sulfonamides is 5. The van der Waals surface area contributed by atoms with Crippen LogP contribution >= 0.6 is 11.6 Å². The Kier molecular flexibility index (Phi) is 30.8. The van der Waals surface area contributed by atoms with E-state index in [4.69, 9.17) is 46.6 Å². The number of ketones is 1. The number of piperazine rings is 1. The number of anilines is 3. The summed E-state index contributed by atoms with van der Waals surface area (Å²) in [7, 11) is -22.5. The van der Waals surface area contributed by atoms with Gasteiger partial charge in [0.25, 0.3) is 11.4 Å². The number of primary sulfonamides is 2. The standard InChI is InChI=1S/C47H51ClF3N7O9S2.C12H18N4O7S2.C6H5FN2O4S.C6H14N2O3S/c1-46(2)12-10-31(39(24-46)37-7-4-32(21-40(37)48)47(49,50)51)27-55-14-16-56(17-15-55)33-5-8-38(44(22-33)67-34-20-30-11-13-52-45(30)54-25-34)43(59)29-69(64,65)36-6-9-41(42(23-36)58(60)61)53-26-35-28-57(18-19-66-35)68(3,62)63;1-24(19,20)15-4-5-23-9(8-15)7-14-11-3-2-10(25(13,21)22)6-12(11)16(17)18;7-5-2-1-4(14(8,12)13)3-6(5)9(10)11;1-12(9,10)8-2-3-11-6(4-7)5-8/h4-9,11,13,20-23,25,35,53H,10,12,14-19,24,26-29H2,1-3H3,(H,52,54);2-3,6,9,14H,4-5,7-8H2,1H3,(H2,13,21,22);1-3H,(H2,8,12,13);6H,2-5,7H2,1H3/t35-;9-;;6-/m11.1/s1. The molecule has 0 unspecified atom stereocenters. The van der Waals surface area contributed by atoms with Crippen LogP contribution in [0.25, 0.3) is 16.6 Å². The fourth-order valence-corrected chi connectivity index (χ4v) is 18.4. The van der Waals surface area contributed by atoms with Gasteiger partial charge in [0.05, 0.1) is 104 Å². The summed E-state index contributed by atoms with van der Waals surface area (Å²) in [6.07, 6.45) is 3.15. The number of nitrogens with zero attached hydrogens (tertiary/aromatic N) is 9. The van der Waals surface area contributed by atoms with E-state index in [0.717, 1.165) is 84.4 Å². The van der Waals surface area contributed by atoms with Gasteiger partial charge in [-0.1, -0.05) is 37.1 Å².